The number of amides is 2. The van der Waals surface area contributed by atoms with Crippen molar-refractivity contribution >= 4 is 17.5 Å². The van der Waals surface area contributed by atoms with E-state index >= 15 is 0 Å². The minimum atomic E-state index is -0.336. The van der Waals surface area contributed by atoms with E-state index in [2.05, 4.69) is 5.32 Å². The van der Waals surface area contributed by atoms with Crippen molar-refractivity contribution in [1.82, 2.24) is 4.90 Å². The summed E-state index contributed by atoms with van der Waals surface area (Å²) in [5, 5.41) is 2.74. The van der Waals surface area contributed by atoms with Crippen molar-refractivity contribution < 1.29 is 14.0 Å². The van der Waals surface area contributed by atoms with Gasteiger partial charge in [0, 0.05) is 18.8 Å². The molecule has 4 nitrogen and oxygen atoms in total. The van der Waals surface area contributed by atoms with E-state index in [0.29, 0.717) is 12.1 Å². The molecule has 3 rings (SSSR count). The molecule has 2 unspecified atom stereocenters. The molecule has 5 heteroatoms. The van der Waals surface area contributed by atoms with Crippen molar-refractivity contribution in [1.29, 1.82) is 0 Å². The molecular weight excluding hydrogens is 271 g/mol. The highest BCUT2D eigenvalue weighted by atomic mass is 19.1. The lowest BCUT2D eigenvalue weighted by atomic mass is 10.1. The number of hydrogen-bond acceptors (Lipinski definition) is 2. The van der Waals surface area contributed by atoms with Crippen LogP contribution in [0.5, 0.6) is 0 Å². The van der Waals surface area contributed by atoms with Crippen LogP contribution in [-0.2, 0) is 9.59 Å². The molecule has 1 saturated heterocycles. The number of nitrogens with zero attached hydrogens (tertiary/aromatic N) is 1. The summed E-state index contributed by atoms with van der Waals surface area (Å²) < 4.78 is 12.8. The van der Waals surface area contributed by atoms with Crippen LogP contribution in [0.2, 0.25) is 0 Å². The predicted octanol–water partition coefficient (Wildman–Crippen LogP) is 2.41. The monoisotopic (exact) mass is 290 g/mol. The molecular formula is C16H19FN2O2. The minimum absolute atomic E-state index is 0.119. The number of likely N-dealkylation sites (tertiary alicyclic amines) is 1. The summed E-state index contributed by atoms with van der Waals surface area (Å²) >= 11 is 0. The Morgan fingerprint density at radius 1 is 1.05 bits per heavy atom. The standard InChI is InChI=1S/C16H19FN2O2/c17-11-4-6-12(7-5-11)18-15(20)13-10-14(13)16(21)19-8-2-1-3-9-19/h4-7,13-14H,1-3,8-10H2,(H,18,20). The largest absolute Gasteiger partial charge is 0.342 e. The van der Waals surface area contributed by atoms with Crippen molar-refractivity contribution in [2.24, 2.45) is 11.8 Å². The van der Waals surface area contributed by atoms with Crippen LogP contribution in [0.1, 0.15) is 25.7 Å². The number of piperidine rings is 1. The SMILES string of the molecule is O=C(Nc1ccc(F)cc1)C1CC1C(=O)N1CCCCC1. The first kappa shape index (κ1) is 14.0. The number of carbonyl (C=O) groups is 2. The van der Waals surface area contributed by atoms with Gasteiger partial charge in [-0.2, -0.15) is 0 Å². The molecule has 1 aliphatic heterocycles. The topological polar surface area (TPSA) is 49.4 Å². The fourth-order valence-corrected chi connectivity index (χ4v) is 2.87. The lowest BCUT2D eigenvalue weighted by Crippen LogP contribution is -2.37. The number of rotatable bonds is 3. The number of carbonyl (C=O) groups excluding carboxylic acids is 2. The summed E-state index contributed by atoms with van der Waals surface area (Å²) in [6.45, 7) is 1.64. The molecule has 2 fully saturated rings. The maximum Gasteiger partial charge on any atom is 0.228 e. The third-order valence-electron chi connectivity index (χ3n) is 4.22. The molecule has 0 bridgehead atoms. The molecule has 112 valence electrons. The van der Waals surface area contributed by atoms with E-state index in [9.17, 15) is 14.0 Å². The van der Waals surface area contributed by atoms with Crippen LogP contribution in [-0.4, -0.2) is 29.8 Å². The molecule has 1 aliphatic carbocycles. The molecule has 1 aromatic rings. The minimum Gasteiger partial charge on any atom is -0.342 e. The third-order valence-corrected chi connectivity index (χ3v) is 4.22. The Morgan fingerprint density at radius 3 is 2.38 bits per heavy atom. The van der Waals surface area contributed by atoms with E-state index in [4.69, 9.17) is 0 Å². The van der Waals surface area contributed by atoms with Gasteiger partial charge < -0.3 is 10.2 Å². The summed E-state index contributed by atoms with van der Waals surface area (Å²) in [7, 11) is 0. The second-order valence-corrected chi connectivity index (χ2v) is 5.83. The van der Waals surface area contributed by atoms with Gasteiger partial charge in [-0.05, 0) is 49.9 Å². The molecule has 21 heavy (non-hydrogen) atoms. The number of halogens is 1. The van der Waals surface area contributed by atoms with Gasteiger partial charge >= 0.3 is 0 Å². The summed E-state index contributed by atoms with van der Waals surface area (Å²) in [6.07, 6.45) is 3.93. The Hall–Kier alpha value is -1.91. The maximum absolute atomic E-state index is 12.8. The Bertz CT molecular complexity index is 538. The van der Waals surface area contributed by atoms with Crippen LogP contribution in [0, 0.1) is 17.7 Å². The third kappa shape index (κ3) is 3.23. The second-order valence-electron chi connectivity index (χ2n) is 5.83. The molecule has 1 aromatic carbocycles. The number of anilines is 1. The van der Waals surface area contributed by atoms with E-state index in [-0.39, 0.29) is 29.5 Å². The average Bonchev–Trinajstić information content (AvgIpc) is 3.30. The quantitative estimate of drug-likeness (QED) is 0.929. The highest BCUT2D eigenvalue weighted by Gasteiger charge is 2.49. The van der Waals surface area contributed by atoms with Gasteiger partial charge in [0.25, 0.3) is 0 Å². The van der Waals surface area contributed by atoms with Gasteiger partial charge in [0.1, 0.15) is 5.82 Å². The average molecular weight is 290 g/mol. The fraction of sp³-hybridized carbons (Fsp3) is 0.500. The first-order chi connectivity index (χ1) is 10.1. The van der Waals surface area contributed by atoms with E-state index in [0.717, 1.165) is 25.9 Å². The molecule has 2 atom stereocenters. The van der Waals surface area contributed by atoms with Crippen LogP contribution in [0.4, 0.5) is 10.1 Å². The number of hydrogen-bond donors (Lipinski definition) is 1. The summed E-state index contributed by atoms with van der Waals surface area (Å²) in [5.41, 5.74) is 0.567. The zero-order valence-electron chi connectivity index (χ0n) is 11.8. The first-order valence-electron chi connectivity index (χ1n) is 7.50. The molecule has 0 spiro atoms. The number of benzene rings is 1. The molecule has 1 heterocycles. The highest BCUT2D eigenvalue weighted by Crippen LogP contribution is 2.41. The molecule has 0 radical (unpaired) electrons. The molecule has 2 amide bonds. The summed E-state index contributed by atoms with van der Waals surface area (Å²) in [6, 6.07) is 5.66. The zero-order valence-corrected chi connectivity index (χ0v) is 11.8. The number of nitrogens with one attached hydrogen (secondary N) is 1. The normalized spacial score (nSPS) is 24.5. The van der Waals surface area contributed by atoms with Gasteiger partial charge in [0.2, 0.25) is 11.8 Å². The van der Waals surface area contributed by atoms with Gasteiger partial charge in [-0.1, -0.05) is 0 Å². The highest BCUT2D eigenvalue weighted by molar-refractivity contribution is 5.99. The second kappa shape index (κ2) is 5.84. The summed E-state index contributed by atoms with van der Waals surface area (Å²) in [4.78, 5) is 26.2. The van der Waals surface area contributed by atoms with Crippen LogP contribution in [0.25, 0.3) is 0 Å². The van der Waals surface area contributed by atoms with Crippen molar-refractivity contribution in [3.05, 3.63) is 30.1 Å². The molecule has 2 aliphatic rings. The van der Waals surface area contributed by atoms with Crippen molar-refractivity contribution in [3.8, 4) is 0 Å². The zero-order chi connectivity index (χ0) is 14.8. The Kier molecular flexibility index (Phi) is 3.90. The van der Waals surface area contributed by atoms with Crippen LogP contribution < -0.4 is 5.32 Å². The molecule has 0 aromatic heterocycles. The van der Waals surface area contributed by atoms with E-state index in [1.54, 1.807) is 0 Å². The van der Waals surface area contributed by atoms with Crippen LogP contribution >= 0.6 is 0 Å². The Balaban J connectivity index is 1.53. The first-order valence-corrected chi connectivity index (χ1v) is 7.50. The van der Waals surface area contributed by atoms with Crippen LogP contribution in [0.3, 0.4) is 0 Å². The Labute approximate surface area is 123 Å². The van der Waals surface area contributed by atoms with Crippen molar-refractivity contribution in [2.75, 3.05) is 18.4 Å². The van der Waals surface area contributed by atoms with Gasteiger partial charge in [-0.15, -0.1) is 0 Å². The van der Waals surface area contributed by atoms with Gasteiger partial charge in [0.15, 0.2) is 0 Å². The molecule has 1 N–H and O–H groups in total. The van der Waals surface area contributed by atoms with E-state index < -0.39 is 0 Å². The van der Waals surface area contributed by atoms with Crippen molar-refractivity contribution in [3.63, 3.8) is 0 Å². The van der Waals surface area contributed by atoms with Gasteiger partial charge in [-0.25, -0.2) is 4.39 Å². The Morgan fingerprint density at radius 2 is 1.71 bits per heavy atom. The van der Waals surface area contributed by atoms with E-state index in [1.807, 2.05) is 4.90 Å². The molecule has 1 saturated carbocycles. The predicted molar refractivity (Wildman–Crippen MR) is 77.1 cm³/mol. The lowest BCUT2D eigenvalue weighted by Gasteiger charge is -2.26. The van der Waals surface area contributed by atoms with Gasteiger partial charge in [-0.3, -0.25) is 9.59 Å². The van der Waals surface area contributed by atoms with E-state index in [1.165, 1.54) is 30.7 Å². The fourth-order valence-electron chi connectivity index (χ4n) is 2.87. The van der Waals surface area contributed by atoms with Crippen molar-refractivity contribution in [2.45, 2.75) is 25.7 Å². The van der Waals surface area contributed by atoms with Crippen LogP contribution in [0.15, 0.2) is 24.3 Å². The lowest BCUT2D eigenvalue weighted by molar-refractivity contribution is -0.134. The summed E-state index contributed by atoms with van der Waals surface area (Å²) in [5.74, 6) is -0.753. The van der Waals surface area contributed by atoms with Gasteiger partial charge in [0.05, 0.1) is 11.8 Å². The maximum atomic E-state index is 12.8. The smallest absolute Gasteiger partial charge is 0.228 e.